The third-order valence-electron chi connectivity index (χ3n) is 4.89. The molecule has 3 rings (SSSR count). The number of anilines is 3. The number of carbonyl (C=O) groups excluding carboxylic acids is 1. The van der Waals surface area contributed by atoms with Crippen molar-refractivity contribution in [2.45, 2.75) is 39.2 Å². The van der Waals surface area contributed by atoms with Gasteiger partial charge >= 0.3 is 5.97 Å². The summed E-state index contributed by atoms with van der Waals surface area (Å²) in [4.78, 5) is 20.9. The molecule has 1 aliphatic carbocycles. The van der Waals surface area contributed by atoms with E-state index in [-0.39, 0.29) is 12.0 Å². The fourth-order valence-electron chi connectivity index (χ4n) is 3.34. The minimum atomic E-state index is -0.422. The van der Waals surface area contributed by atoms with E-state index in [2.05, 4.69) is 42.6 Å². The molecule has 1 fully saturated rings. The number of nitriles is 1. The first kappa shape index (κ1) is 20.1. The predicted molar refractivity (Wildman–Crippen MR) is 111 cm³/mol. The fourth-order valence-corrected chi connectivity index (χ4v) is 3.73. The van der Waals surface area contributed by atoms with Gasteiger partial charge in [0.25, 0.3) is 0 Å². The van der Waals surface area contributed by atoms with Gasteiger partial charge in [0.2, 0.25) is 5.95 Å². The van der Waals surface area contributed by atoms with E-state index in [9.17, 15) is 10.1 Å². The van der Waals surface area contributed by atoms with Crippen LogP contribution >= 0.6 is 15.9 Å². The minimum absolute atomic E-state index is 0.00233. The highest BCUT2D eigenvalue weighted by molar-refractivity contribution is 9.10. The normalized spacial score (nSPS) is 18.4. The maximum atomic E-state index is 12.0. The van der Waals surface area contributed by atoms with E-state index in [1.54, 1.807) is 12.3 Å². The molecule has 1 aromatic carbocycles. The third kappa shape index (κ3) is 4.25. The number of carbonyl (C=O) groups is 1. The van der Waals surface area contributed by atoms with Gasteiger partial charge < -0.3 is 15.4 Å². The fraction of sp³-hybridized carbons (Fsp3) is 0.400. The van der Waals surface area contributed by atoms with E-state index in [1.807, 2.05) is 19.9 Å². The van der Waals surface area contributed by atoms with Crippen LogP contribution in [0.4, 0.5) is 17.5 Å². The Labute approximate surface area is 172 Å². The van der Waals surface area contributed by atoms with E-state index < -0.39 is 5.97 Å². The summed E-state index contributed by atoms with van der Waals surface area (Å²) < 4.78 is 5.54. The summed E-state index contributed by atoms with van der Waals surface area (Å²) >= 11 is 3.43. The van der Waals surface area contributed by atoms with Crippen molar-refractivity contribution in [1.82, 2.24) is 9.97 Å². The molecular weight excluding hydrogens is 422 g/mol. The number of rotatable bonds is 5. The quantitative estimate of drug-likeness (QED) is 0.656. The van der Waals surface area contributed by atoms with Crippen LogP contribution in [0.5, 0.6) is 0 Å². The molecule has 0 unspecified atom stereocenters. The number of aromatic nitrogens is 2. The van der Waals surface area contributed by atoms with E-state index in [1.165, 1.54) is 7.11 Å². The lowest BCUT2D eigenvalue weighted by Gasteiger charge is -2.18. The molecule has 2 N–H and O–H groups in total. The number of hydrogen-bond acceptors (Lipinski definition) is 7. The standard InChI is InChI=1S/C20H22BrN5O2/c1-11-7-14(8-15(17(11)21)19(27)28-3)24-20-23-10-12(2)18(26-20)25-16-6-4-5-13(16)9-22/h7-8,10,13,16H,4-6H2,1-3H3,(H2,23,24,25,26)/t13-,16+/m0/s1. The van der Waals surface area contributed by atoms with Crippen LogP contribution in [0.2, 0.25) is 0 Å². The van der Waals surface area contributed by atoms with E-state index in [0.717, 1.165) is 30.4 Å². The average molecular weight is 444 g/mol. The highest BCUT2D eigenvalue weighted by Crippen LogP contribution is 2.30. The van der Waals surface area contributed by atoms with Gasteiger partial charge in [0.1, 0.15) is 5.82 Å². The zero-order chi connectivity index (χ0) is 20.3. The molecule has 0 aliphatic heterocycles. The molecule has 0 amide bonds. The van der Waals surface area contributed by atoms with Gasteiger partial charge in [-0.2, -0.15) is 10.2 Å². The van der Waals surface area contributed by atoms with Gasteiger partial charge in [0.15, 0.2) is 0 Å². The summed E-state index contributed by atoms with van der Waals surface area (Å²) in [7, 11) is 1.35. The monoisotopic (exact) mass is 443 g/mol. The molecular formula is C20H22BrN5O2. The largest absolute Gasteiger partial charge is 0.465 e. The van der Waals surface area contributed by atoms with Crippen LogP contribution in [0.1, 0.15) is 40.7 Å². The van der Waals surface area contributed by atoms with Crippen LogP contribution in [0.15, 0.2) is 22.8 Å². The van der Waals surface area contributed by atoms with Gasteiger partial charge in [-0.3, -0.25) is 0 Å². The van der Waals surface area contributed by atoms with Gasteiger partial charge in [-0.05, 0) is 66.7 Å². The lowest BCUT2D eigenvalue weighted by molar-refractivity contribution is 0.0599. The molecule has 146 valence electrons. The maximum Gasteiger partial charge on any atom is 0.339 e. The van der Waals surface area contributed by atoms with Crippen molar-refractivity contribution in [3.8, 4) is 6.07 Å². The number of nitrogens with one attached hydrogen (secondary N) is 2. The Hall–Kier alpha value is -2.66. The molecule has 1 heterocycles. The Morgan fingerprint density at radius 3 is 2.82 bits per heavy atom. The highest BCUT2D eigenvalue weighted by Gasteiger charge is 2.27. The number of esters is 1. The van der Waals surface area contributed by atoms with Crippen molar-refractivity contribution in [1.29, 1.82) is 5.26 Å². The number of ether oxygens (including phenoxy) is 1. The van der Waals surface area contributed by atoms with Gasteiger partial charge in [-0.25, -0.2) is 9.78 Å². The Morgan fingerprint density at radius 1 is 1.32 bits per heavy atom. The highest BCUT2D eigenvalue weighted by atomic mass is 79.9. The number of methoxy groups -OCH3 is 1. The lowest BCUT2D eigenvalue weighted by Crippen LogP contribution is -2.24. The molecule has 28 heavy (non-hydrogen) atoms. The lowest BCUT2D eigenvalue weighted by atomic mass is 10.1. The second kappa shape index (κ2) is 8.57. The maximum absolute atomic E-state index is 12.0. The minimum Gasteiger partial charge on any atom is -0.465 e. The Morgan fingerprint density at radius 2 is 2.11 bits per heavy atom. The Bertz CT molecular complexity index is 941. The second-order valence-corrected chi connectivity index (χ2v) is 7.71. The smallest absolute Gasteiger partial charge is 0.339 e. The molecule has 0 bridgehead atoms. The van der Waals surface area contributed by atoms with Crippen molar-refractivity contribution >= 4 is 39.4 Å². The summed E-state index contributed by atoms with van der Waals surface area (Å²) in [6.07, 6.45) is 4.65. The van der Waals surface area contributed by atoms with Gasteiger partial charge in [0.05, 0.1) is 24.7 Å². The molecule has 1 saturated carbocycles. The average Bonchev–Trinajstić information content (AvgIpc) is 3.13. The zero-order valence-corrected chi connectivity index (χ0v) is 17.6. The molecule has 0 radical (unpaired) electrons. The first-order valence-corrected chi connectivity index (χ1v) is 9.87. The molecule has 0 spiro atoms. The van der Waals surface area contributed by atoms with Crippen molar-refractivity contribution < 1.29 is 9.53 Å². The van der Waals surface area contributed by atoms with E-state index in [0.29, 0.717) is 27.5 Å². The number of hydrogen-bond donors (Lipinski definition) is 2. The third-order valence-corrected chi connectivity index (χ3v) is 5.94. The Balaban J connectivity index is 1.85. The van der Waals surface area contributed by atoms with Crippen LogP contribution in [0.3, 0.4) is 0 Å². The van der Waals surface area contributed by atoms with Crippen LogP contribution in [0.25, 0.3) is 0 Å². The number of aryl methyl sites for hydroxylation is 2. The molecule has 1 aromatic heterocycles. The van der Waals surface area contributed by atoms with E-state index >= 15 is 0 Å². The van der Waals surface area contributed by atoms with Gasteiger partial charge in [-0.15, -0.1) is 0 Å². The second-order valence-electron chi connectivity index (χ2n) is 6.91. The topological polar surface area (TPSA) is 99.9 Å². The summed E-state index contributed by atoms with van der Waals surface area (Å²) in [6, 6.07) is 6.07. The number of benzene rings is 1. The van der Waals surface area contributed by atoms with Crippen LogP contribution in [-0.4, -0.2) is 29.1 Å². The molecule has 8 heteroatoms. The van der Waals surface area contributed by atoms with Gasteiger partial charge in [0, 0.05) is 28.0 Å². The summed E-state index contributed by atoms with van der Waals surface area (Å²) in [5.41, 5.74) is 2.92. The van der Waals surface area contributed by atoms with Crippen LogP contribution in [0, 0.1) is 31.1 Å². The zero-order valence-electron chi connectivity index (χ0n) is 16.0. The molecule has 2 aromatic rings. The first-order valence-electron chi connectivity index (χ1n) is 9.08. The SMILES string of the molecule is COC(=O)c1cc(Nc2ncc(C)c(N[C@@H]3CCC[C@H]3C#N)n2)cc(C)c1Br. The number of halogens is 1. The summed E-state index contributed by atoms with van der Waals surface area (Å²) in [6.45, 7) is 3.83. The van der Waals surface area contributed by atoms with Crippen molar-refractivity contribution in [2.75, 3.05) is 17.7 Å². The van der Waals surface area contributed by atoms with E-state index in [4.69, 9.17) is 4.74 Å². The first-order chi connectivity index (χ1) is 13.4. The molecule has 2 atom stereocenters. The van der Waals surface area contributed by atoms with Crippen LogP contribution < -0.4 is 10.6 Å². The Kier molecular flexibility index (Phi) is 6.15. The molecule has 1 aliphatic rings. The summed E-state index contributed by atoms with van der Waals surface area (Å²) in [5, 5.41) is 15.8. The molecule has 7 nitrogen and oxygen atoms in total. The predicted octanol–water partition coefficient (Wildman–Crippen LogP) is 4.49. The summed E-state index contributed by atoms with van der Waals surface area (Å²) in [5.74, 6) is 0.709. The molecule has 0 saturated heterocycles. The van der Waals surface area contributed by atoms with Crippen LogP contribution in [-0.2, 0) is 4.74 Å². The van der Waals surface area contributed by atoms with Gasteiger partial charge in [-0.1, -0.05) is 0 Å². The van der Waals surface area contributed by atoms with Crippen molar-refractivity contribution in [3.63, 3.8) is 0 Å². The number of nitrogens with zero attached hydrogens (tertiary/aromatic N) is 3. The van der Waals surface area contributed by atoms with Crippen molar-refractivity contribution in [2.24, 2.45) is 5.92 Å². The van der Waals surface area contributed by atoms with Crippen molar-refractivity contribution in [3.05, 3.63) is 39.5 Å².